The fourth-order valence-electron chi connectivity index (χ4n) is 3.63. The predicted molar refractivity (Wildman–Crippen MR) is 129 cm³/mol. The Labute approximate surface area is 203 Å². The van der Waals surface area contributed by atoms with E-state index < -0.39 is 42.2 Å². The number of nitrogens with two attached hydrogens (primary N) is 1. The van der Waals surface area contributed by atoms with Crippen molar-refractivity contribution in [3.63, 3.8) is 0 Å². The van der Waals surface area contributed by atoms with Crippen LogP contribution in [0.3, 0.4) is 0 Å². The average molecular weight is 495 g/mol. The molecule has 2 aromatic carbocycles. The number of nitrogens with one attached hydrogen (secondary N) is 3. The molecule has 0 spiro atoms. The second-order valence-electron chi connectivity index (χ2n) is 8.57. The summed E-state index contributed by atoms with van der Waals surface area (Å²) in [6.07, 6.45) is -4.28. The van der Waals surface area contributed by atoms with Crippen molar-refractivity contribution in [3.05, 3.63) is 64.2 Å². The first-order valence-electron chi connectivity index (χ1n) is 11.4. The van der Waals surface area contributed by atoms with Gasteiger partial charge in [-0.25, -0.2) is 0 Å². The van der Waals surface area contributed by atoms with E-state index in [1.807, 2.05) is 32.9 Å². The lowest BCUT2D eigenvalue weighted by Gasteiger charge is -2.25. The van der Waals surface area contributed by atoms with Crippen molar-refractivity contribution in [2.24, 2.45) is 0 Å². The molecule has 0 bridgehead atoms. The fraction of sp³-hybridized carbons (Fsp3) is 0.440. The number of hydrogen-bond donors (Lipinski definition) is 5. The molecular formula is C25H33F3N4O3. The molecule has 0 aliphatic heterocycles. The molecule has 0 saturated carbocycles. The molecule has 0 aliphatic carbocycles. The molecule has 192 valence electrons. The minimum absolute atomic E-state index is 0.136. The Hall–Kier alpha value is -3.11. The summed E-state index contributed by atoms with van der Waals surface area (Å²) < 4.78 is 38.8. The number of aliphatic hydroxyl groups excluding tert-OH is 1. The van der Waals surface area contributed by atoms with Crippen LogP contribution in [-0.2, 0) is 17.5 Å². The van der Waals surface area contributed by atoms with Crippen molar-refractivity contribution in [2.75, 3.05) is 18.8 Å². The Kier molecular flexibility index (Phi) is 10.1. The van der Waals surface area contributed by atoms with Gasteiger partial charge in [-0.05, 0) is 49.6 Å². The summed E-state index contributed by atoms with van der Waals surface area (Å²) in [7, 11) is 0. The highest BCUT2D eigenvalue weighted by Gasteiger charge is 2.31. The number of aliphatic hydroxyl groups is 1. The monoisotopic (exact) mass is 494 g/mol. The smallest absolute Gasteiger partial charge is 0.398 e. The van der Waals surface area contributed by atoms with Gasteiger partial charge in [0.1, 0.15) is 0 Å². The summed E-state index contributed by atoms with van der Waals surface area (Å²) in [5.74, 6) is -1.49. The number of benzene rings is 2. The molecule has 0 aliphatic rings. The van der Waals surface area contributed by atoms with E-state index in [4.69, 9.17) is 5.73 Å². The third kappa shape index (κ3) is 8.56. The van der Waals surface area contributed by atoms with Crippen LogP contribution in [0.25, 0.3) is 0 Å². The largest absolute Gasteiger partial charge is 0.416 e. The summed E-state index contributed by atoms with van der Waals surface area (Å²) in [6, 6.07) is 7.90. The summed E-state index contributed by atoms with van der Waals surface area (Å²) in [5, 5.41) is 18.7. The highest BCUT2D eigenvalue weighted by atomic mass is 19.4. The lowest BCUT2D eigenvalue weighted by atomic mass is 10.0. The maximum Gasteiger partial charge on any atom is 0.416 e. The van der Waals surface area contributed by atoms with E-state index in [2.05, 4.69) is 22.0 Å². The molecule has 35 heavy (non-hydrogen) atoms. The van der Waals surface area contributed by atoms with Crippen molar-refractivity contribution in [1.82, 2.24) is 16.0 Å². The number of rotatable bonds is 11. The molecule has 0 saturated heterocycles. The first-order valence-corrected chi connectivity index (χ1v) is 11.4. The fourth-order valence-corrected chi connectivity index (χ4v) is 3.63. The Bertz CT molecular complexity index is 1030. The van der Waals surface area contributed by atoms with Crippen molar-refractivity contribution >= 4 is 17.5 Å². The molecule has 2 aromatic rings. The van der Waals surface area contributed by atoms with Crippen molar-refractivity contribution in [1.29, 1.82) is 0 Å². The van der Waals surface area contributed by atoms with Crippen molar-refractivity contribution in [3.8, 4) is 0 Å². The van der Waals surface area contributed by atoms with Crippen LogP contribution in [0.15, 0.2) is 36.4 Å². The standard InChI is InChI=1S/C25H33F3N4O3/c1-4-5-22(33)21(13-30-12-17-7-6-15(2)10-16(17)3)32-23(34)14-31-24(35)19-11-18(25(26,27)28)8-9-20(19)29/h6-11,21-22,30,33H,4-5,12-14,29H2,1-3H3,(H,31,35)(H,32,34)/t21-,22+/m0/s1. The van der Waals surface area contributed by atoms with Crippen LogP contribution in [0, 0.1) is 13.8 Å². The lowest BCUT2D eigenvalue weighted by Crippen LogP contribution is -2.51. The van der Waals surface area contributed by atoms with Gasteiger partial charge in [-0.1, -0.05) is 37.1 Å². The van der Waals surface area contributed by atoms with Gasteiger partial charge in [0.15, 0.2) is 0 Å². The average Bonchev–Trinajstić information content (AvgIpc) is 2.77. The predicted octanol–water partition coefficient (Wildman–Crippen LogP) is 3.07. The van der Waals surface area contributed by atoms with E-state index in [0.29, 0.717) is 25.5 Å². The lowest BCUT2D eigenvalue weighted by molar-refractivity contribution is -0.137. The maximum absolute atomic E-state index is 12.9. The molecule has 7 nitrogen and oxygen atoms in total. The zero-order chi connectivity index (χ0) is 26.2. The summed E-state index contributed by atoms with van der Waals surface area (Å²) in [6.45, 7) is 6.27. The number of aryl methyl sites for hydroxylation is 2. The minimum atomic E-state index is -4.63. The number of anilines is 1. The highest BCUT2D eigenvalue weighted by molar-refractivity contribution is 6.00. The Morgan fingerprint density at radius 1 is 1.11 bits per heavy atom. The Balaban J connectivity index is 1.96. The first kappa shape index (κ1) is 28.1. The number of halogens is 3. The number of carbonyl (C=O) groups excluding carboxylic acids is 2. The second-order valence-corrected chi connectivity index (χ2v) is 8.57. The van der Waals surface area contributed by atoms with Crippen LogP contribution in [0.5, 0.6) is 0 Å². The Morgan fingerprint density at radius 3 is 2.46 bits per heavy atom. The van der Waals surface area contributed by atoms with E-state index >= 15 is 0 Å². The van der Waals surface area contributed by atoms with E-state index in [0.717, 1.165) is 28.8 Å². The van der Waals surface area contributed by atoms with Crippen LogP contribution in [0.2, 0.25) is 0 Å². The third-order valence-corrected chi connectivity index (χ3v) is 5.61. The van der Waals surface area contributed by atoms with Crippen LogP contribution < -0.4 is 21.7 Å². The molecule has 2 rings (SSSR count). The van der Waals surface area contributed by atoms with Gasteiger partial charge in [-0.2, -0.15) is 13.2 Å². The van der Waals surface area contributed by atoms with Gasteiger partial charge in [-0.3, -0.25) is 9.59 Å². The van der Waals surface area contributed by atoms with Crippen LogP contribution in [0.1, 0.15) is 52.4 Å². The van der Waals surface area contributed by atoms with Crippen molar-refractivity contribution < 1.29 is 27.9 Å². The van der Waals surface area contributed by atoms with Crippen LogP contribution in [0.4, 0.5) is 18.9 Å². The second kappa shape index (κ2) is 12.6. The Morgan fingerprint density at radius 2 is 1.83 bits per heavy atom. The molecule has 0 unspecified atom stereocenters. The zero-order valence-electron chi connectivity index (χ0n) is 20.1. The SMILES string of the molecule is CCC[C@@H](O)[C@H](CNCc1ccc(C)cc1C)NC(=O)CNC(=O)c1cc(C(F)(F)F)ccc1N. The van der Waals surface area contributed by atoms with Gasteiger partial charge >= 0.3 is 6.18 Å². The van der Waals surface area contributed by atoms with Gasteiger partial charge in [0.25, 0.3) is 5.91 Å². The van der Waals surface area contributed by atoms with Crippen LogP contribution >= 0.6 is 0 Å². The molecule has 2 amide bonds. The summed E-state index contributed by atoms with van der Waals surface area (Å²) in [4.78, 5) is 24.8. The number of amides is 2. The number of alkyl halides is 3. The number of carbonyl (C=O) groups is 2. The molecule has 2 atom stereocenters. The summed E-state index contributed by atoms with van der Waals surface area (Å²) >= 11 is 0. The molecule has 0 radical (unpaired) electrons. The van der Waals surface area contributed by atoms with Crippen LogP contribution in [-0.4, -0.2) is 42.2 Å². The first-order chi connectivity index (χ1) is 16.4. The number of nitrogen functional groups attached to an aromatic ring is 1. The maximum atomic E-state index is 12.9. The van der Waals surface area contributed by atoms with Gasteiger partial charge < -0.3 is 26.8 Å². The van der Waals surface area contributed by atoms with E-state index in [1.54, 1.807) is 0 Å². The molecular weight excluding hydrogens is 461 g/mol. The van der Waals surface area contributed by atoms with E-state index in [-0.39, 0.29) is 17.8 Å². The highest BCUT2D eigenvalue weighted by Crippen LogP contribution is 2.31. The van der Waals surface area contributed by atoms with E-state index in [9.17, 15) is 27.9 Å². The normalized spacial score (nSPS) is 13.2. The quantitative estimate of drug-likeness (QED) is 0.308. The number of hydrogen-bond acceptors (Lipinski definition) is 5. The van der Waals surface area contributed by atoms with Crippen molar-refractivity contribution in [2.45, 2.75) is 58.5 Å². The van der Waals surface area contributed by atoms with E-state index in [1.165, 1.54) is 0 Å². The van der Waals surface area contributed by atoms with Gasteiger partial charge in [0.05, 0.1) is 29.8 Å². The topological polar surface area (TPSA) is 116 Å². The molecule has 6 N–H and O–H groups in total. The zero-order valence-corrected chi connectivity index (χ0v) is 20.1. The summed E-state index contributed by atoms with van der Waals surface area (Å²) in [5.41, 5.74) is 7.50. The molecule has 10 heteroatoms. The van der Waals surface area contributed by atoms with Gasteiger partial charge in [0.2, 0.25) is 5.91 Å². The van der Waals surface area contributed by atoms with Gasteiger partial charge in [0, 0.05) is 18.8 Å². The molecule has 0 heterocycles. The molecule has 0 fully saturated rings. The van der Waals surface area contributed by atoms with Gasteiger partial charge in [-0.15, -0.1) is 0 Å². The minimum Gasteiger partial charge on any atom is -0.398 e. The molecule has 0 aromatic heterocycles. The third-order valence-electron chi connectivity index (χ3n) is 5.61.